The van der Waals surface area contributed by atoms with Gasteiger partial charge in [-0.2, -0.15) is 0 Å². The molecule has 0 aliphatic rings. The average Bonchev–Trinajstić information content (AvgIpc) is 2.38. The van der Waals surface area contributed by atoms with Gasteiger partial charge in [-0.15, -0.1) is 0 Å². The highest BCUT2D eigenvalue weighted by Gasteiger charge is 2.06. The van der Waals surface area contributed by atoms with Gasteiger partial charge in [0.05, 0.1) is 0 Å². The number of carboxylic acid groups (broad SMARTS) is 1. The number of halogens is 1. The summed E-state index contributed by atoms with van der Waals surface area (Å²) >= 11 is 7.17. The molecule has 0 amide bonds. The molecule has 1 aromatic heterocycles. The lowest BCUT2D eigenvalue weighted by molar-refractivity contribution is 0.0689. The first kappa shape index (κ1) is 12.9. The largest absolute Gasteiger partial charge is 0.477 e. The van der Waals surface area contributed by atoms with Crippen molar-refractivity contribution in [3.63, 3.8) is 0 Å². The second-order valence-corrected chi connectivity index (χ2v) is 4.82. The third-order valence-electron chi connectivity index (χ3n) is 2.13. The lowest BCUT2D eigenvalue weighted by Gasteiger charge is -2.01. The molecule has 0 atom stereocenters. The molecule has 4 nitrogen and oxygen atoms in total. The van der Waals surface area contributed by atoms with Gasteiger partial charge in [-0.25, -0.2) is 14.8 Å². The summed E-state index contributed by atoms with van der Waals surface area (Å²) in [4.78, 5) is 18.7. The van der Waals surface area contributed by atoms with Gasteiger partial charge in [0, 0.05) is 17.0 Å². The zero-order valence-electron chi connectivity index (χ0n) is 9.21. The van der Waals surface area contributed by atoms with Crippen LogP contribution in [0.15, 0.2) is 41.7 Å². The van der Waals surface area contributed by atoms with E-state index >= 15 is 0 Å². The third kappa shape index (κ3) is 3.45. The molecule has 0 saturated carbocycles. The Morgan fingerprint density at radius 2 is 2.00 bits per heavy atom. The number of carboxylic acids is 1. The number of nitrogens with zero attached hydrogens (tertiary/aromatic N) is 2. The van der Waals surface area contributed by atoms with Crippen molar-refractivity contribution in [3.05, 3.63) is 52.8 Å². The Morgan fingerprint density at radius 1 is 1.28 bits per heavy atom. The van der Waals surface area contributed by atoms with Crippen molar-refractivity contribution in [2.45, 2.75) is 10.9 Å². The van der Waals surface area contributed by atoms with E-state index in [9.17, 15) is 4.79 Å². The van der Waals surface area contributed by atoms with Crippen LogP contribution in [0.1, 0.15) is 16.1 Å². The molecule has 1 heterocycles. The molecule has 0 bridgehead atoms. The first-order chi connectivity index (χ1) is 8.65. The zero-order valence-corrected chi connectivity index (χ0v) is 10.8. The van der Waals surface area contributed by atoms with Crippen LogP contribution in [0, 0.1) is 0 Å². The van der Waals surface area contributed by atoms with Crippen molar-refractivity contribution in [1.29, 1.82) is 0 Å². The molecule has 2 aromatic rings. The monoisotopic (exact) mass is 280 g/mol. The highest BCUT2D eigenvalue weighted by molar-refractivity contribution is 7.98. The molecule has 0 saturated heterocycles. The fourth-order valence-electron chi connectivity index (χ4n) is 1.26. The first-order valence-corrected chi connectivity index (χ1v) is 6.45. The van der Waals surface area contributed by atoms with Crippen molar-refractivity contribution in [2.24, 2.45) is 0 Å². The van der Waals surface area contributed by atoms with Gasteiger partial charge in [0.1, 0.15) is 0 Å². The molecule has 0 spiro atoms. The maximum absolute atomic E-state index is 10.8. The van der Waals surface area contributed by atoms with Gasteiger partial charge >= 0.3 is 5.97 Å². The summed E-state index contributed by atoms with van der Waals surface area (Å²) in [7, 11) is 0. The number of carbonyl (C=O) groups is 1. The van der Waals surface area contributed by atoms with E-state index in [1.807, 2.05) is 24.3 Å². The minimum absolute atomic E-state index is 0.00334. The Bertz CT molecular complexity index is 560. The van der Waals surface area contributed by atoms with Crippen molar-refractivity contribution in [1.82, 2.24) is 9.97 Å². The summed E-state index contributed by atoms with van der Waals surface area (Å²) in [5.41, 5.74) is 1.08. The molecular formula is C12H9ClN2O2S. The number of hydrogen-bond donors (Lipinski definition) is 1. The van der Waals surface area contributed by atoms with Crippen molar-refractivity contribution in [3.8, 4) is 0 Å². The molecule has 0 aliphatic heterocycles. The fraction of sp³-hybridized carbons (Fsp3) is 0.0833. The highest BCUT2D eigenvalue weighted by Crippen LogP contribution is 2.20. The van der Waals surface area contributed by atoms with Crippen LogP contribution in [0.2, 0.25) is 5.02 Å². The van der Waals surface area contributed by atoms with Gasteiger partial charge in [-0.1, -0.05) is 35.5 Å². The Kier molecular flexibility index (Phi) is 4.17. The number of rotatable bonds is 4. The van der Waals surface area contributed by atoms with Crippen LogP contribution in [0.4, 0.5) is 0 Å². The molecule has 1 N–H and O–H groups in total. The average molecular weight is 281 g/mol. The van der Waals surface area contributed by atoms with Gasteiger partial charge in [-0.3, -0.25) is 0 Å². The molecule has 2 rings (SSSR count). The van der Waals surface area contributed by atoms with Gasteiger partial charge in [0.25, 0.3) is 0 Å². The van der Waals surface area contributed by atoms with Crippen molar-refractivity contribution in [2.75, 3.05) is 0 Å². The second-order valence-electron chi connectivity index (χ2n) is 3.44. The summed E-state index contributed by atoms with van der Waals surface area (Å²) in [6, 6.07) is 8.82. The van der Waals surface area contributed by atoms with Crippen LogP contribution in [-0.4, -0.2) is 21.0 Å². The first-order valence-electron chi connectivity index (χ1n) is 5.09. The predicted molar refractivity (Wildman–Crippen MR) is 70.0 cm³/mol. The van der Waals surface area contributed by atoms with E-state index in [-0.39, 0.29) is 5.69 Å². The van der Waals surface area contributed by atoms with Gasteiger partial charge in [-0.05, 0) is 23.8 Å². The molecule has 0 unspecified atom stereocenters. The highest BCUT2D eigenvalue weighted by atomic mass is 35.5. The van der Waals surface area contributed by atoms with Crippen LogP contribution in [0.25, 0.3) is 0 Å². The Hall–Kier alpha value is -1.59. The topological polar surface area (TPSA) is 63.1 Å². The maximum atomic E-state index is 10.8. The lowest BCUT2D eigenvalue weighted by atomic mass is 10.2. The fourth-order valence-corrected chi connectivity index (χ4v) is 2.17. The number of aromatic carboxylic acids is 1. The van der Waals surface area contributed by atoms with Crippen LogP contribution in [0.5, 0.6) is 0 Å². The minimum Gasteiger partial charge on any atom is -0.477 e. The number of aromatic nitrogens is 2. The molecule has 0 aliphatic carbocycles. The smallest absolute Gasteiger partial charge is 0.354 e. The van der Waals surface area contributed by atoms with Gasteiger partial charge in [0.2, 0.25) is 0 Å². The maximum Gasteiger partial charge on any atom is 0.354 e. The van der Waals surface area contributed by atoms with E-state index in [1.54, 1.807) is 0 Å². The number of thioether (sulfide) groups is 1. The van der Waals surface area contributed by atoms with E-state index in [0.29, 0.717) is 15.9 Å². The van der Waals surface area contributed by atoms with Gasteiger partial charge < -0.3 is 5.11 Å². The standard InChI is InChI=1S/C12H9ClN2O2S/c13-9-3-1-8(2-4-9)7-18-12-14-6-5-10(15-12)11(16)17/h1-6H,7H2,(H,16,17). The summed E-state index contributed by atoms with van der Waals surface area (Å²) in [5.74, 6) is -0.383. The number of benzene rings is 1. The summed E-state index contributed by atoms with van der Waals surface area (Å²) < 4.78 is 0. The van der Waals surface area contributed by atoms with Crippen LogP contribution < -0.4 is 0 Å². The molecule has 92 valence electrons. The van der Waals surface area contributed by atoms with E-state index < -0.39 is 5.97 Å². The lowest BCUT2D eigenvalue weighted by Crippen LogP contribution is -2.01. The summed E-state index contributed by atoms with van der Waals surface area (Å²) in [6.45, 7) is 0. The molecule has 1 aromatic carbocycles. The molecule has 6 heteroatoms. The van der Waals surface area contributed by atoms with Crippen LogP contribution >= 0.6 is 23.4 Å². The van der Waals surface area contributed by atoms with E-state index in [2.05, 4.69) is 9.97 Å². The van der Waals surface area contributed by atoms with Gasteiger partial charge in [0.15, 0.2) is 10.9 Å². The zero-order chi connectivity index (χ0) is 13.0. The van der Waals surface area contributed by atoms with Crippen molar-refractivity contribution >= 4 is 29.3 Å². The third-order valence-corrected chi connectivity index (χ3v) is 3.32. The normalized spacial score (nSPS) is 10.3. The minimum atomic E-state index is -1.05. The second kappa shape index (κ2) is 5.84. The molecule has 0 radical (unpaired) electrons. The van der Waals surface area contributed by atoms with E-state index in [1.165, 1.54) is 24.0 Å². The quantitative estimate of drug-likeness (QED) is 0.689. The van der Waals surface area contributed by atoms with E-state index in [4.69, 9.17) is 16.7 Å². The summed E-state index contributed by atoms with van der Waals surface area (Å²) in [6.07, 6.45) is 1.45. The van der Waals surface area contributed by atoms with Crippen LogP contribution in [0.3, 0.4) is 0 Å². The molecular weight excluding hydrogens is 272 g/mol. The van der Waals surface area contributed by atoms with E-state index in [0.717, 1.165) is 5.56 Å². The summed E-state index contributed by atoms with van der Waals surface area (Å²) in [5, 5.41) is 9.95. The molecule has 18 heavy (non-hydrogen) atoms. The Balaban J connectivity index is 2.04. The Labute approximate surface area is 113 Å². The molecule has 0 fully saturated rings. The SMILES string of the molecule is O=C(O)c1ccnc(SCc2ccc(Cl)cc2)n1. The Morgan fingerprint density at radius 3 is 2.67 bits per heavy atom. The van der Waals surface area contributed by atoms with Crippen molar-refractivity contribution < 1.29 is 9.90 Å². The number of hydrogen-bond acceptors (Lipinski definition) is 4. The predicted octanol–water partition coefficient (Wildman–Crippen LogP) is 3.12. The van der Waals surface area contributed by atoms with Crippen LogP contribution in [-0.2, 0) is 5.75 Å².